The van der Waals surface area contributed by atoms with Crippen molar-refractivity contribution in [2.75, 3.05) is 18.4 Å². The van der Waals surface area contributed by atoms with Crippen LogP contribution in [0.25, 0.3) is 10.9 Å². The van der Waals surface area contributed by atoms with Crippen molar-refractivity contribution in [3.8, 4) is 0 Å². The number of piperidine rings is 1. The van der Waals surface area contributed by atoms with Crippen molar-refractivity contribution in [1.29, 1.82) is 0 Å². The van der Waals surface area contributed by atoms with E-state index in [1.165, 1.54) is 0 Å². The maximum atomic E-state index is 12.9. The zero-order valence-corrected chi connectivity index (χ0v) is 15.3. The number of H-pyrrole nitrogens is 1. The number of aromatic nitrogens is 3. The molecule has 3 heterocycles. The number of anilines is 1. The monoisotopic (exact) mass is 365 g/mol. The number of fused-ring (bicyclic) bond motifs is 1. The number of aromatic amines is 1. The van der Waals surface area contributed by atoms with Gasteiger partial charge in [-0.2, -0.15) is 5.10 Å². The van der Waals surface area contributed by atoms with Crippen molar-refractivity contribution in [2.24, 2.45) is 5.92 Å². The first kappa shape index (κ1) is 17.5. The normalized spacial score (nSPS) is 17.1. The van der Waals surface area contributed by atoms with Crippen LogP contribution in [0, 0.1) is 12.8 Å². The number of nitrogens with zero attached hydrogens (tertiary/aromatic N) is 2. The molecule has 1 amide bonds. The van der Waals surface area contributed by atoms with Crippen LogP contribution in [0.15, 0.2) is 41.5 Å². The van der Waals surface area contributed by atoms with Crippen molar-refractivity contribution >= 4 is 22.5 Å². The van der Waals surface area contributed by atoms with E-state index in [0.29, 0.717) is 23.7 Å². The summed E-state index contributed by atoms with van der Waals surface area (Å²) in [5.41, 5.74) is 2.10. The minimum absolute atomic E-state index is 0.200. The van der Waals surface area contributed by atoms with Gasteiger partial charge in [0.2, 0.25) is 0 Å². The molecule has 1 aliphatic rings. The number of hydrogen-bond acceptors (Lipinski definition) is 4. The van der Waals surface area contributed by atoms with Gasteiger partial charge in [0.05, 0.1) is 11.7 Å². The quantitative estimate of drug-likeness (QED) is 0.661. The van der Waals surface area contributed by atoms with Gasteiger partial charge in [-0.15, -0.1) is 0 Å². The number of pyridine rings is 1. The van der Waals surface area contributed by atoms with Crippen LogP contribution < -0.4 is 16.2 Å². The highest BCUT2D eigenvalue weighted by molar-refractivity contribution is 6.05. The SMILES string of the molecule is Cc1ccn(CC2CCCNC2)c(=O)c1C(=O)Nc1ccc2cn[nH]c2c1. The highest BCUT2D eigenvalue weighted by Gasteiger charge is 2.19. The Bertz CT molecular complexity index is 1030. The topological polar surface area (TPSA) is 91.8 Å². The molecule has 3 aromatic rings. The van der Waals surface area contributed by atoms with Crippen LogP contribution in [0.1, 0.15) is 28.8 Å². The molecular formula is C20H23N5O2. The number of rotatable bonds is 4. The summed E-state index contributed by atoms with van der Waals surface area (Å²) in [6.07, 6.45) is 5.73. The van der Waals surface area contributed by atoms with Crippen LogP contribution in [0.3, 0.4) is 0 Å². The lowest BCUT2D eigenvalue weighted by molar-refractivity contribution is 0.102. The Kier molecular flexibility index (Phi) is 4.77. The standard InChI is InChI=1S/C20H23N5O2/c1-13-6-8-25(12-14-3-2-7-21-10-14)20(27)18(13)19(26)23-16-5-4-15-11-22-24-17(15)9-16/h4-6,8-9,11,14,21H,2-3,7,10,12H2,1H3,(H,22,24)(H,23,26). The van der Waals surface area contributed by atoms with E-state index in [1.807, 2.05) is 18.2 Å². The summed E-state index contributed by atoms with van der Waals surface area (Å²) in [7, 11) is 0. The highest BCUT2D eigenvalue weighted by atomic mass is 16.2. The molecule has 0 radical (unpaired) electrons. The zero-order chi connectivity index (χ0) is 18.8. The molecule has 4 rings (SSSR count). The first-order valence-corrected chi connectivity index (χ1v) is 9.27. The Morgan fingerprint density at radius 3 is 3.07 bits per heavy atom. The molecule has 1 saturated heterocycles. The lowest BCUT2D eigenvalue weighted by atomic mass is 9.99. The molecule has 1 aliphatic heterocycles. The van der Waals surface area contributed by atoms with Gasteiger partial charge in [-0.1, -0.05) is 0 Å². The summed E-state index contributed by atoms with van der Waals surface area (Å²) >= 11 is 0. The fourth-order valence-corrected chi connectivity index (χ4v) is 3.65. The first-order valence-electron chi connectivity index (χ1n) is 9.27. The molecule has 1 atom stereocenters. The summed E-state index contributed by atoms with van der Waals surface area (Å²) < 4.78 is 1.66. The van der Waals surface area contributed by atoms with E-state index in [9.17, 15) is 9.59 Å². The molecule has 1 unspecified atom stereocenters. The minimum Gasteiger partial charge on any atom is -0.322 e. The third-order valence-electron chi connectivity index (χ3n) is 5.15. The average Bonchev–Trinajstić information content (AvgIpc) is 3.13. The predicted octanol–water partition coefficient (Wildman–Crippen LogP) is 2.28. The largest absolute Gasteiger partial charge is 0.322 e. The van der Waals surface area contributed by atoms with Crippen molar-refractivity contribution < 1.29 is 4.79 Å². The highest BCUT2D eigenvalue weighted by Crippen LogP contribution is 2.18. The van der Waals surface area contributed by atoms with Gasteiger partial charge >= 0.3 is 0 Å². The summed E-state index contributed by atoms with van der Waals surface area (Å²) in [4.78, 5) is 25.7. The van der Waals surface area contributed by atoms with Gasteiger partial charge in [0, 0.05) is 23.8 Å². The van der Waals surface area contributed by atoms with E-state index in [4.69, 9.17) is 0 Å². The molecule has 1 fully saturated rings. The number of hydrogen-bond donors (Lipinski definition) is 3. The minimum atomic E-state index is -0.382. The van der Waals surface area contributed by atoms with Crippen molar-refractivity contribution in [3.63, 3.8) is 0 Å². The summed E-state index contributed by atoms with van der Waals surface area (Å²) in [5.74, 6) is 0.0327. The Hall–Kier alpha value is -2.93. The van der Waals surface area contributed by atoms with Crippen molar-refractivity contribution in [2.45, 2.75) is 26.3 Å². The van der Waals surface area contributed by atoms with Gasteiger partial charge in [-0.25, -0.2) is 0 Å². The van der Waals surface area contributed by atoms with Gasteiger partial charge in [0.1, 0.15) is 5.56 Å². The number of carbonyl (C=O) groups is 1. The van der Waals surface area contributed by atoms with Gasteiger partial charge < -0.3 is 15.2 Å². The van der Waals surface area contributed by atoms with Crippen LogP contribution in [0.2, 0.25) is 0 Å². The fourth-order valence-electron chi connectivity index (χ4n) is 3.65. The molecule has 0 bridgehead atoms. The molecule has 0 aliphatic carbocycles. The molecule has 0 saturated carbocycles. The number of benzene rings is 1. The molecule has 140 valence electrons. The maximum Gasteiger partial charge on any atom is 0.263 e. The average molecular weight is 365 g/mol. The van der Waals surface area contributed by atoms with E-state index in [0.717, 1.165) is 36.8 Å². The van der Waals surface area contributed by atoms with Crippen molar-refractivity contribution in [1.82, 2.24) is 20.1 Å². The van der Waals surface area contributed by atoms with E-state index < -0.39 is 0 Å². The van der Waals surface area contributed by atoms with Crippen LogP contribution in [-0.4, -0.2) is 33.8 Å². The van der Waals surface area contributed by atoms with E-state index in [2.05, 4.69) is 20.8 Å². The number of aryl methyl sites for hydroxylation is 1. The number of amides is 1. The Balaban J connectivity index is 1.58. The van der Waals surface area contributed by atoms with Crippen molar-refractivity contribution in [3.05, 3.63) is 58.1 Å². The van der Waals surface area contributed by atoms with E-state index >= 15 is 0 Å². The van der Waals surface area contributed by atoms with Crippen LogP contribution in [-0.2, 0) is 6.54 Å². The van der Waals surface area contributed by atoms with Crippen LogP contribution in [0.4, 0.5) is 5.69 Å². The second-order valence-corrected chi connectivity index (χ2v) is 7.17. The Labute approximate surface area is 156 Å². The lowest BCUT2D eigenvalue weighted by Crippen LogP contribution is -2.36. The van der Waals surface area contributed by atoms with Gasteiger partial charge in [-0.05, 0) is 68.6 Å². The van der Waals surface area contributed by atoms with Gasteiger partial charge in [0.15, 0.2) is 0 Å². The van der Waals surface area contributed by atoms with Gasteiger partial charge in [0.25, 0.3) is 11.5 Å². The third-order valence-corrected chi connectivity index (χ3v) is 5.15. The third kappa shape index (κ3) is 3.64. The molecule has 0 spiro atoms. The second-order valence-electron chi connectivity index (χ2n) is 7.17. The first-order chi connectivity index (χ1) is 13.1. The van der Waals surface area contributed by atoms with E-state index in [1.54, 1.807) is 30.0 Å². The molecule has 2 aromatic heterocycles. The molecule has 7 heteroatoms. The van der Waals surface area contributed by atoms with E-state index in [-0.39, 0.29) is 17.0 Å². The molecule has 1 aromatic carbocycles. The van der Waals surface area contributed by atoms with Crippen LogP contribution >= 0.6 is 0 Å². The number of carbonyl (C=O) groups excluding carboxylic acids is 1. The second kappa shape index (κ2) is 7.36. The molecule has 7 nitrogen and oxygen atoms in total. The number of nitrogens with one attached hydrogen (secondary N) is 3. The summed E-state index contributed by atoms with van der Waals surface area (Å²) in [5, 5.41) is 14.0. The summed E-state index contributed by atoms with van der Waals surface area (Å²) in [6.45, 7) is 4.37. The van der Waals surface area contributed by atoms with Crippen LogP contribution in [0.5, 0.6) is 0 Å². The molecule has 27 heavy (non-hydrogen) atoms. The zero-order valence-electron chi connectivity index (χ0n) is 15.3. The smallest absolute Gasteiger partial charge is 0.263 e. The molecule has 3 N–H and O–H groups in total. The predicted molar refractivity (Wildman–Crippen MR) is 105 cm³/mol. The fraction of sp³-hybridized carbons (Fsp3) is 0.350. The maximum absolute atomic E-state index is 12.9. The Morgan fingerprint density at radius 1 is 1.37 bits per heavy atom. The lowest BCUT2D eigenvalue weighted by Gasteiger charge is -2.23. The Morgan fingerprint density at radius 2 is 2.26 bits per heavy atom. The summed E-state index contributed by atoms with van der Waals surface area (Å²) in [6, 6.07) is 7.33. The van der Waals surface area contributed by atoms with Gasteiger partial charge in [-0.3, -0.25) is 14.7 Å². The molecular weight excluding hydrogens is 342 g/mol.